The number of carbonyl (C=O) groups is 1. The molecule has 1 aromatic rings. The number of nitrogens with two attached hydrogens (primary N) is 1. The smallest absolute Gasteiger partial charge is 0.276 e. The molecule has 2 aliphatic rings. The predicted octanol–water partition coefficient (Wildman–Crippen LogP) is 0.842. The van der Waals surface area contributed by atoms with Crippen molar-refractivity contribution < 1.29 is 9.53 Å². The Morgan fingerprint density at radius 1 is 1.32 bits per heavy atom. The zero-order valence-electron chi connectivity index (χ0n) is 10.8. The Labute approximate surface area is 112 Å². The number of nitrogen functional groups attached to an aromatic ring is 1. The molecule has 102 valence electrons. The molecule has 3 rings (SSSR count). The predicted molar refractivity (Wildman–Crippen MR) is 69.5 cm³/mol. The molecule has 2 atom stereocenters. The fourth-order valence-corrected chi connectivity index (χ4v) is 3.00. The summed E-state index contributed by atoms with van der Waals surface area (Å²) in [6.07, 6.45) is 7.52. The summed E-state index contributed by atoms with van der Waals surface area (Å²) in [5.74, 6) is 0.0807. The molecule has 1 aromatic heterocycles. The molecule has 0 spiro atoms. The van der Waals surface area contributed by atoms with Crippen molar-refractivity contribution in [1.29, 1.82) is 0 Å². The summed E-state index contributed by atoms with van der Waals surface area (Å²) in [4.78, 5) is 22.4. The summed E-state index contributed by atoms with van der Waals surface area (Å²) in [6, 6.07) is 0.163. The highest BCUT2D eigenvalue weighted by Crippen LogP contribution is 2.29. The van der Waals surface area contributed by atoms with Crippen molar-refractivity contribution in [1.82, 2.24) is 14.9 Å². The Bertz CT molecular complexity index is 477. The maximum absolute atomic E-state index is 12.6. The van der Waals surface area contributed by atoms with Gasteiger partial charge < -0.3 is 15.4 Å². The molecule has 1 saturated heterocycles. The first-order valence-electron chi connectivity index (χ1n) is 6.76. The van der Waals surface area contributed by atoms with Gasteiger partial charge in [-0.15, -0.1) is 0 Å². The second kappa shape index (κ2) is 5.13. The van der Waals surface area contributed by atoms with Gasteiger partial charge in [-0.3, -0.25) is 4.79 Å². The van der Waals surface area contributed by atoms with Gasteiger partial charge in [-0.2, -0.15) is 0 Å². The fraction of sp³-hybridized carbons (Fsp3) is 0.615. The van der Waals surface area contributed by atoms with E-state index < -0.39 is 0 Å². The Balaban J connectivity index is 1.84. The summed E-state index contributed by atoms with van der Waals surface area (Å²) < 4.78 is 5.77. The first kappa shape index (κ1) is 12.3. The molecule has 19 heavy (non-hydrogen) atoms. The van der Waals surface area contributed by atoms with E-state index >= 15 is 0 Å². The molecule has 0 bridgehead atoms. The molecular formula is C13H18N4O2. The maximum atomic E-state index is 12.6. The lowest BCUT2D eigenvalue weighted by atomic mass is 9.90. The van der Waals surface area contributed by atoms with Crippen LogP contribution < -0.4 is 5.73 Å². The number of fused-ring (bicyclic) bond motifs is 1. The zero-order valence-corrected chi connectivity index (χ0v) is 10.8. The Morgan fingerprint density at radius 3 is 2.95 bits per heavy atom. The number of amides is 1. The quantitative estimate of drug-likeness (QED) is 0.811. The number of carbonyl (C=O) groups excluding carboxylic acids is 1. The van der Waals surface area contributed by atoms with Crippen LogP contribution in [-0.4, -0.2) is 46.1 Å². The molecule has 1 amide bonds. The summed E-state index contributed by atoms with van der Waals surface area (Å²) in [7, 11) is 0. The van der Waals surface area contributed by atoms with E-state index in [2.05, 4.69) is 9.97 Å². The van der Waals surface area contributed by atoms with Gasteiger partial charge in [-0.25, -0.2) is 9.97 Å². The minimum Gasteiger partial charge on any atom is -0.382 e. The average Bonchev–Trinajstić information content (AvgIpc) is 2.46. The van der Waals surface area contributed by atoms with Crippen molar-refractivity contribution in [3.8, 4) is 0 Å². The van der Waals surface area contributed by atoms with Crippen LogP contribution in [0, 0.1) is 0 Å². The molecule has 2 N–H and O–H groups in total. The van der Waals surface area contributed by atoms with Gasteiger partial charge >= 0.3 is 0 Å². The van der Waals surface area contributed by atoms with Crippen molar-refractivity contribution in [2.75, 3.05) is 18.9 Å². The van der Waals surface area contributed by atoms with Gasteiger partial charge in [-0.05, 0) is 12.8 Å². The third-order valence-electron chi connectivity index (χ3n) is 3.92. The molecule has 6 nitrogen and oxygen atoms in total. The molecular weight excluding hydrogens is 244 g/mol. The number of ether oxygens (including phenoxy) is 1. The SMILES string of the molecule is Nc1nccnc1C(=O)N1CCOC2CCCCC21. The highest BCUT2D eigenvalue weighted by molar-refractivity contribution is 5.96. The van der Waals surface area contributed by atoms with E-state index in [0.29, 0.717) is 13.2 Å². The van der Waals surface area contributed by atoms with Gasteiger partial charge in [0.15, 0.2) is 11.5 Å². The first-order chi connectivity index (χ1) is 9.27. The second-order valence-corrected chi connectivity index (χ2v) is 5.05. The lowest BCUT2D eigenvalue weighted by molar-refractivity contribution is -0.0754. The third kappa shape index (κ3) is 2.28. The van der Waals surface area contributed by atoms with E-state index in [0.717, 1.165) is 19.3 Å². The van der Waals surface area contributed by atoms with E-state index in [4.69, 9.17) is 10.5 Å². The number of hydrogen-bond donors (Lipinski definition) is 1. The molecule has 1 saturated carbocycles. The highest BCUT2D eigenvalue weighted by Gasteiger charge is 2.37. The summed E-state index contributed by atoms with van der Waals surface area (Å²) in [5.41, 5.74) is 6.00. The standard InChI is InChI=1S/C13H18N4O2/c14-12-11(15-5-6-16-12)13(18)17-7-8-19-10-4-2-1-3-9(10)17/h5-6,9-10H,1-4,7-8H2,(H2,14,16). The molecule has 2 fully saturated rings. The van der Waals surface area contributed by atoms with Crippen LogP contribution in [0.3, 0.4) is 0 Å². The Hall–Kier alpha value is -1.69. The van der Waals surface area contributed by atoms with E-state index in [1.165, 1.54) is 18.8 Å². The van der Waals surface area contributed by atoms with Gasteiger partial charge in [0.1, 0.15) is 0 Å². The summed E-state index contributed by atoms with van der Waals surface area (Å²) in [6.45, 7) is 1.20. The topological polar surface area (TPSA) is 81.3 Å². The van der Waals surface area contributed by atoms with E-state index in [1.54, 1.807) is 0 Å². The van der Waals surface area contributed by atoms with Crippen LogP contribution in [0.1, 0.15) is 36.2 Å². The number of aromatic nitrogens is 2. The van der Waals surface area contributed by atoms with Gasteiger partial charge in [0.2, 0.25) is 0 Å². The van der Waals surface area contributed by atoms with Crippen LogP contribution in [0.5, 0.6) is 0 Å². The first-order valence-corrected chi connectivity index (χ1v) is 6.76. The largest absolute Gasteiger partial charge is 0.382 e. The van der Waals surface area contributed by atoms with Crippen LogP contribution in [-0.2, 0) is 4.74 Å². The van der Waals surface area contributed by atoms with Crippen LogP contribution in [0.15, 0.2) is 12.4 Å². The molecule has 1 aliphatic carbocycles. The Kier molecular flexibility index (Phi) is 3.33. The minimum absolute atomic E-state index is 0.120. The van der Waals surface area contributed by atoms with Gasteiger partial charge in [-0.1, -0.05) is 12.8 Å². The molecule has 2 heterocycles. The summed E-state index contributed by atoms with van der Waals surface area (Å²) >= 11 is 0. The number of anilines is 1. The number of hydrogen-bond acceptors (Lipinski definition) is 5. The molecule has 0 radical (unpaired) electrons. The number of morpholine rings is 1. The van der Waals surface area contributed by atoms with Gasteiger partial charge in [0.25, 0.3) is 5.91 Å². The molecule has 1 aliphatic heterocycles. The summed E-state index contributed by atoms with van der Waals surface area (Å²) in [5, 5.41) is 0. The van der Waals surface area contributed by atoms with Crippen LogP contribution in [0.4, 0.5) is 5.82 Å². The van der Waals surface area contributed by atoms with Crippen LogP contribution in [0.25, 0.3) is 0 Å². The minimum atomic E-state index is -0.120. The van der Waals surface area contributed by atoms with Gasteiger partial charge in [0.05, 0.1) is 18.8 Å². The maximum Gasteiger partial charge on any atom is 0.276 e. The molecule has 0 aromatic carbocycles. The number of nitrogens with zero attached hydrogens (tertiary/aromatic N) is 3. The van der Waals surface area contributed by atoms with E-state index in [-0.39, 0.29) is 29.6 Å². The normalized spacial score (nSPS) is 26.8. The van der Waals surface area contributed by atoms with Crippen molar-refractivity contribution in [3.63, 3.8) is 0 Å². The molecule has 2 unspecified atom stereocenters. The van der Waals surface area contributed by atoms with E-state index in [1.807, 2.05) is 4.90 Å². The van der Waals surface area contributed by atoms with Crippen LogP contribution >= 0.6 is 0 Å². The number of rotatable bonds is 1. The molecule has 6 heteroatoms. The average molecular weight is 262 g/mol. The van der Waals surface area contributed by atoms with Crippen molar-refractivity contribution in [2.45, 2.75) is 37.8 Å². The highest BCUT2D eigenvalue weighted by atomic mass is 16.5. The zero-order chi connectivity index (χ0) is 13.2. The van der Waals surface area contributed by atoms with Crippen molar-refractivity contribution >= 4 is 11.7 Å². The fourth-order valence-electron chi connectivity index (χ4n) is 3.00. The third-order valence-corrected chi connectivity index (χ3v) is 3.92. The van der Waals surface area contributed by atoms with E-state index in [9.17, 15) is 4.79 Å². The Morgan fingerprint density at radius 2 is 2.11 bits per heavy atom. The van der Waals surface area contributed by atoms with Crippen LogP contribution in [0.2, 0.25) is 0 Å². The second-order valence-electron chi connectivity index (χ2n) is 5.05. The van der Waals surface area contributed by atoms with Crippen molar-refractivity contribution in [3.05, 3.63) is 18.1 Å². The lowest BCUT2D eigenvalue weighted by Gasteiger charge is -2.43. The lowest BCUT2D eigenvalue weighted by Crippen LogP contribution is -2.55. The van der Waals surface area contributed by atoms with Gasteiger partial charge in [0, 0.05) is 18.9 Å². The van der Waals surface area contributed by atoms with Crippen molar-refractivity contribution in [2.24, 2.45) is 0 Å². The monoisotopic (exact) mass is 262 g/mol.